The molecule has 0 aliphatic carbocycles. The molecule has 0 aliphatic rings. The molecule has 0 spiro atoms. The first-order chi connectivity index (χ1) is 7.54. The Kier molecular flexibility index (Phi) is 8.96. The average Bonchev–Trinajstić information content (AvgIpc) is 2.25. The van der Waals surface area contributed by atoms with Crippen LogP contribution in [0.3, 0.4) is 0 Å². The van der Waals surface area contributed by atoms with E-state index >= 15 is 0 Å². The van der Waals surface area contributed by atoms with E-state index in [1.165, 1.54) is 19.3 Å². The van der Waals surface area contributed by atoms with Gasteiger partial charge in [-0.1, -0.05) is 27.7 Å². The zero-order chi connectivity index (χ0) is 12.4. The first-order valence-electron chi connectivity index (χ1n) is 6.88. The SMILES string of the molecule is CCCNCC(C)(CC)OCCCC(C)C. The molecule has 1 N–H and O–H groups in total. The second-order valence-corrected chi connectivity index (χ2v) is 5.36. The highest BCUT2D eigenvalue weighted by molar-refractivity contribution is 4.76. The number of ether oxygens (including phenoxy) is 1. The van der Waals surface area contributed by atoms with Gasteiger partial charge in [0.25, 0.3) is 0 Å². The van der Waals surface area contributed by atoms with Crippen LogP contribution in [0.2, 0.25) is 0 Å². The van der Waals surface area contributed by atoms with Gasteiger partial charge in [0.05, 0.1) is 5.60 Å². The van der Waals surface area contributed by atoms with Crippen LogP contribution in [0.5, 0.6) is 0 Å². The standard InChI is InChI=1S/C14H31NO/c1-6-10-15-12-14(5,7-2)16-11-8-9-13(3)4/h13,15H,6-12H2,1-5H3. The molecule has 1 unspecified atom stereocenters. The second kappa shape index (κ2) is 9.00. The number of nitrogens with one attached hydrogen (secondary N) is 1. The van der Waals surface area contributed by atoms with Crippen LogP contribution in [0.1, 0.15) is 60.3 Å². The lowest BCUT2D eigenvalue weighted by atomic mass is 10.0. The Hall–Kier alpha value is -0.0800. The molecule has 0 rings (SSSR count). The topological polar surface area (TPSA) is 21.3 Å². The maximum absolute atomic E-state index is 6.01. The average molecular weight is 229 g/mol. The van der Waals surface area contributed by atoms with E-state index in [0.29, 0.717) is 0 Å². The molecule has 16 heavy (non-hydrogen) atoms. The lowest BCUT2D eigenvalue weighted by Gasteiger charge is -2.29. The fraction of sp³-hybridized carbons (Fsp3) is 1.00. The van der Waals surface area contributed by atoms with Crippen molar-refractivity contribution < 1.29 is 4.74 Å². The minimum atomic E-state index is 0.0200. The van der Waals surface area contributed by atoms with Crippen LogP contribution in [0.4, 0.5) is 0 Å². The van der Waals surface area contributed by atoms with E-state index in [-0.39, 0.29) is 5.60 Å². The highest BCUT2D eigenvalue weighted by Gasteiger charge is 2.21. The zero-order valence-corrected chi connectivity index (χ0v) is 11.9. The summed E-state index contributed by atoms with van der Waals surface area (Å²) >= 11 is 0. The molecule has 0 heterocycles. The minimum Gasteiger partial charge on any atom is -0.374 e. The van der Waals surface area contributed by atoms with E-state index in [1.807, 2.05) is 0 Å². The van der Waals surface area contributed by atoms with E-state index in [0.717, 1.165) is 32.0 Å². The summed E-state index contributed by atoms with van der Waals surface area (Å²) in [6.07, 6.45) is 4.71. The molecular weight excluding hydrogens is 198 g/mol. The summed E-state index contributed by atoms with van der Waals surface area (Å²) in [4.78, 5) is 0. The molecule has 1 atom stereocenters. The maximum atomic E-state index is 6.01. The predicted octanol–water partition coefficient (Wildman–Crippen LogP) is 3.61. The Morgan fingerprint density at radius 3 is 2.44 bits per heavy atom. The molecule has 0 aliphatic heterocycles. The van der Waals surface area contributed by atoms with Gasteiger partial charge in [-0.25, -0.2) is 0 Å². The van der Waals surface area contributed by atoms with Crippen LogP contribution < -0.4 is 5.32 Å². The molecule has 2 heteroatoms. The Bertz CT molecular complexity index is 159. The smallest absolute Gasteiger partial charge is 0.0775 e. The van der Waals surface area contributed by atoms with Gasteiger partial charge in [0, 0.05) is 13.2 Å². The lowest BCUT2D eigenvalue weighted by molar-refractivity contribution is -0.0352. The summed E-state index contributed by atoms with van der Waals surface area (Å²) in [6, 6.07) is 0. The number of hydrogen-bond donors (Lipinski definition) is 1. The molecule has 2 nitrogen and oxygen atoms in total. The Labute approximate surface area is 102 Å². The molecule has 0 aromatic carbocycles. The van der Waals surface area contributed by atoms with Gasteiger partial charge in [-0.05, 0) is 45.1 Å². The summed E-state index contributed by atoms with van der Waals surface area (Å²) < 4.78 is 6.01. The van der Waals surface area contributed by atoms with Gasteiger partial charge in [-0.3, -0.25) is 0 Å². The van der Waals surface area contributed by atoms with Crippen molar-refractivity contribution in [2.45, 2.75) is 65.9 Å². The quantitative estimate of drug-likeness (QED) is 0.578. The third-order valence-electron chi connectivity index (χ3n) is 3.05. The van der Waals surface area contributed by atoms with Crippen molar-refractivity contribution in [2.75, 3.05) is 19.7 Å². The molecule has 0 aromatic heterocycles. The van der Waals surface area contributed by atoms with Gasteiger partial charge in [0.15, 0.2) is 0 Å². The summed E-state index contributed by atoms with van der Waals surface area (Å²) in [5, 5.41) is 3.45. The molecule has 98 valence electrons. The lowest BCUT2D eigenvalue weighted by Crippen LogP contribution is -2.40. The van der Waals surface area contributed by atoms with Gasteiger partial charge in [-0.15, -0.1) is 0 Å². The molecule has 0 aromatic rings. The fourth-order valence-electron chi connectivity index (χ4n) is 1.62. The summed E-state index contributed by atoms with van der Waals surface area (Å²) in [6.45, 7) is 14.1. The third kappa shape index (κ3) is 8.12. The van der Waals surface area contributed by atoms with Gasteiger partial charge >= 0.3 is 0 Å². The van der Waals surface area contributed by atoms with Crippen molar-refractivity contribution in [2.24, 2.45) is 5.92 Å². The van der Waals surface area contributed by atoms with E-state index < -0.39 is 0 Å². The number of hydrogen-bond acceptors (Lipinski definition) is 2. The Morgan fingerprint density at radius 2 is 1.94 bits per heavy atom. The first-order valence-corrected chi connectivity index (χ1v) is 6.88. The van der Waals surface area contributed by atoms with E-state index in [2.05, 4.69) is 39.9 Å². The van der Waals surface area contributed by atoms with Crippen molar-refractivity contribution in [3.8, 4) is 0 Å². The van der Waals surface area contributed by atoms with Crippen LogP contribution in [0.25, 0.3) is 0 Å². The van der Waals surface area contributed by atoms with Crippen LogP contribution >= 0.6 is 0 Å². The minimum absolute atomic E-state index is 0.0200. The van der Waals surface area contributed by atoms with Crippen molar-refractivity contribution in [1.82, 2.24) is 5.32 Å². The zero-order valence-electron chi connectivity index (χ0n) is 11.9. The summed E-state index contributed by atoms with van der Waals surface area (Å²) in [5.41, 5.74) is 0.0200. The molecule has 0 bridgehead atoms. The second-order valence-electron chi connectivity index (χ2n) is 5.36. The summed E-state index contributed by atoms with van der Waals surface area (Å²) in [5.74, 6) is 0.787. The normalized spacial score (nSPS) is 15.4. The highest BCUT2D eigenvalue weighted by Crippen LogP contribution is 2.15. The Balaban J connectivity index is 3.69. The largest absolute Gasteiger partial charge is 0.374 e. The number of rotatable bonds is 10. The van der Waals surface area contributed by atoms with Gasteiger partial charge < -0.3 is 10.1 Å². The van der Waals surface area contributed by atoms with E-state index in [9.17, 15) is 0 Å². The van der Waals surface area contributed by atoms with Crippen molar-refractivity contribution in [3.63, 3.8) is 0 Å². The van der Waals surface area contributed by atoms with Crippen LogP contribution in [-0.4, -0.2) is 25.3 Å². The molecule has 0 saturated heterocycles. The Morgan fingerprint density at radius 1 is 1.25 bits per heavy atom. The molecule has 0 saturated carbocycles. The highest BCUT2D eigenvalue weighted by atomic mass is 16.5. The third-order valence-corrected chi connectivity index (χ3v) is 3.05. The molecule has 0 radical (unpaired) electrons. The van der Waals surface area contributed by atoms with Crippen molar-refractivity contribution in [1.29, 1.82) is 0 Å². The van der Waals surface area contributed by atoms with Crippen LogP contribution in [0.15, 0.2) is 0 Å². The molecule has 0 amide bonds. The first kappa shape index (κ1) is 15.9. The predicted molar refractivity (Wildman–Crippen MR) is 71.9 cm³/mol. The van der Waals surface area contributed by atoms with Crippen LogP contribution in [-0.2, 0) is 4.74 Å². The molecular formula is C14H31NO. The summed E-state index contributed by atoms with van der Waals surface area (Å²) in [7, 11) is 0. The van der Waals surface area contributed by atoms with Crippen molar-refractivity contribution in [3.05, 3.63) is 0 Å². The van der Waals surface area contributed by atoms with Gasteiger partial charge in [-0.2, -0.15) is 0 Å². The van der Waals surface area contributed by atoms with Crippen molar-refractivity contribution >= 4 is 0 Å². The van der Waals surface area contributed by atoms with E-state index in [1.54, 1.807) is 0 Å². The maximum Gasteiger partial charge on any atom is 0.0775 e. The van der Waals surface area contributed by atoms with E-state index in [4.69, 9.17) is 4.74 Å². The van der Waals surface area contributed by atoms with Crippen LogP contribution in [0, 0.1) is 5.92 Å². The fourth-order valence-corrected chi connectivity index (χ4v) is 1.62. The van der Waals surface area contributed by atoms with Gasteiger partial charge in [0.2, 0.25) is 0 Å². The van der Waals surface area contributed by atoms with Gasteiger partial charge in [0.1, 0.15) is 0 Å². The monoisotopic (exact) mass is 229 g/mol. The molecule has 0 fully saturated rings.